The summed E-state index contributed by atoms with van der Waals surface area (Å²) in [7, 11) is 0. The molecule has 0 spiro atoms. The minimum absolute atomic E-state index is 0.619. The summed E-state index contributed by atoms with van der Waals surface area (Å²) in [5.74, 6) is 0.737. The van der Waals surface area contributed by atoms with Crippen LogP contribution in [0.4, 0.5) is 5.82 Å². The van der Waals surface area contributed by atoms with Crippen LogP contribution < -0.4 is 5.32 Å². The van der Waals surface area contributed by atoms with E-state index in [1.807, 2.05) is 6.92 Å². The number of hydrogen-bond donors (Lipinski definition) is 1. The highest BCUT2D eigenvalue weighted by molar-refractivity contribution is 5.81. The largest absolute Gasteiger partial charge is 0.368 e. The molecular weight excluding hydrogens is 166 g/mol. The molecule has 0 aliphatic rings. The molecule has 0 aliphatic carbocycles. The molecule has 0 radical (unpaired) electrons. The summed E-state index contributed by atoms with van der Waals surface area (Å²) in [6.45, 7) is 2.81. The molecule has 1 N–H and O–H groups in total. The maximum atomic E-state index is 4.15. The van der Waals surface area contributed by atoms with Gasteiger partial charge >= 0.3 is 0 Å². The molecule has 0 aromatic carbocycles. The van der Waals surface area contributed by atoms with E-state index in [1.165, 1.54) is 6.33 Å². The zero-order valence-electron chi connectivity index (χ0n) is 7.23. The molecule has 0 saturated carbocycles. The molecule has 66 valence electrons. The van der Waals surface area contributed by atoms with Crippen LogP contribution in [-0.4, -0.2) is 26.5 Å². The van der Waals surface area contributed by atoms with Gasteiger partial charge in [0.05, 0.1) is 0 Å². The lowest BCUT2D eigenvalue weighted by Crippen LogP contribution is -2.02. The minimum atomic E-state index is 0.619. The average molecular weight is 175 g/mol. The van der Waals surface area contributed by atoms with Gasteiger partial charge < -0.3 is 5.32 Å². The lowest BCUT2D eigenvalue weighted by molar-refractivity contribution is 1.11. The summed E-state index contributed by atoms with van der Waals surface area (Å²) in [4.78, 5) is 16.3. The number of hydrogen-bond acceptors (Lipinski definition) is 5. The summed E-state index contributed by atoms with van der Waals surface area (Å²) < 4.78 is 0. The Labute approximate surface area is 75.3 Å². The van der Waals surface area contributed by atoms with Crippen molar-refractivity contribution < 1.29 is 0 Å². The summed E-state index contributed by atoms with van der Waals surface area (Å²) in [5.41, 5.74) is 1.33. The highest BCUT2D eigenvalue weighted by Crippen LogP contribution is 2.12. The Kier molecular flexibility index (Phi) is 1.99. The van der Waals surface area contributed by atoms with Gasteiger partial charge in [-0.2, -0.15) is 0 Å². The van der Waals surface area contributed by atoms with E-state index in [2.05, 4.69) is 25.3 Å². The van der Waals surface area contributed by atoms with Crippen LogP contribution in [0.2, 0.25) is 0 Å². The Hall–Kier alpha value is -1.78. The maximum absolute atomic E-state index is 4.15. The summed E-state index contributed by atoms with van der Waals surface area (Å²) >= 11 is 0. The minimum Gasteiger partial charge on any atom is -0.368 e. The first-order valence-corrected chi connectivity index (χ1v) is 4.07. The van der Waals surface area contributed by atoms with Crippen LogP contribution in [0.15, 0.2) is 18.7 Å². The zero-order valence-corrected chi connectivity index (χ0v) is 7.23. The zero-order chi connectivity index (χ0) is 9.10. The third-order valence-electron chi connectivity index (χ3n) is 1.61. The van der Waals surface area contributed by atoms with Crippen molar-refractivity contribution in [2.75, 3.05) is 11.9 Å². The predicted molar refractivity (Wildman–Crippen MR) is 49.3 cm³/mol. The second kappa shape index (κ2) is 3.30. The van der Waals surface area contributed by atoms with Crippen LogP contribution >= 0.6 is 0 Å². The van der Waals surface area contributed by atoms with Gasteiger partial charge in [0.2, 0.25) is 0 Å². The number of aromatic nitrogens is 4. The first-order valence-electron chi connectivity index (χ1n) is 4.07. The number of anilines is 1. The Morgan fingerprint density at radius 3 is 2.85 bits per heavy atom. The summed E-state index contributed by atoms with van der Waals surface area (Å²) in [6.07, 6.45) is 4.73. The molecule has 0 fully saturated rings. The highest BCUT2D eigenvalue weighted by atomic mass is 15.0. The van der Waals surface area contributed by atoms with Gasteiger partial charge in [0.1, 0.15) is 11.8 Å². The monoisotopic (exact) mass is 175 g/mol. The third kappa shape index (κ3) is 1.40. The second-order valence-electron chi connectivity index (χ2n) is 2.48. The average Bonchev–Trinajstić information content (AvgIpc) is 2.19. The molecule has 0 saturated heterocycles. The SMILES string of the molecule is CCNc1ncnc2nccnc12. The molecule has 2 rings (SSSR count). The Morgan fingerprint density at radius 1 is 1.15 bits per heavy atom. The molecular formula is C8H9N5. The number of rotatable bonds is 2. The third-order valence-corrected chi connectivity index (χ3v) is 1.61. The van der Waals surface area contributed by atoms with E-state index in [9.17, 15) is 0 Å². The Morgan fingerprint density at radius 2 is 2.00 bits per heavy atom. The van der Waals surface area contributed by atoms with Gasteiger partial charge in [0.15, 0.2) is 11.5 Å². The lowest BCUT2D eigenvalue weighted by Gasteiger charge is -2.02. The van der Waals surface area contributed by atoms with Crippen molar-refractivity contribution in [1.29, 1.82) is 0 Å². The van der Waals surface area contributed by atoms with Crippen molar-refractivity contribution in [3.8, 4) is 0 Å². The molecule has 5 nitrogen and oxygen atoms in total. The van der Waals surface area contributed by atoms with E-state index >= 15 is 0 Å². The fraction of sp³-hybridized carbons (Fsp3) is 0.250. The summed E-state index contributed by atoms with van der Waals surface area (Å²) in [5, 5.41) is 3.10. The molecule has 2 aromatic rings. The van der Waals surface area contributed by atoms with Gasteiger partial charge in [-0.25, -0.2) is 19.9 Å². The van der Waals surface area contributed by atoms with E-state index in [0.29, 0.717) is 11.2 Å². The van der Waals surface area contributed by atoms with Gasteiger partial charge in [0, 0.05) is 18.9 Å². The molecule has 5 heteroatoms. The second-order valence-corrected chi connectivity index (χ2v) is 2.48. The fourth-order valence-corrected chi connectivity index (χ4v) is 1.09. The van der Waals surface area contributed by atoms with E-state index in [0.717, 1.165) is 12.4 Å². The van der Waals surface area contributed by atoms with E-state index in [1.54, 1.807) is 12.4 Å². The lowest BCUT2D eigenvalue weighted by atomic mass is 10.4. The maximum Gasteiger partial charge on any atom is 0.183 e. The standard InChI is InChI=1S/C8H9N5/c1-2-9-7-6-8(13-5-12-7)11-4-3-10-6/h3-5H,2H2,1H3,(H,9,11,12,13). The van der Waals surface area contributed by atoms with Crippen LogP contribution in [0.1, 0.15) is 6.92 Å². The number of nitrogens with zero attached hydrogens (tertiary/aromatic N) is 4. The van der Waals surface area contributed by atoms with E-state index in [4.69, 9.17) is 0 Å². The molecule has 2 aromatic heterocycles. The molecule has 0 bridgehead atoms. The van der Waals surface area contributed by atoms with Crippen LogP contribution in [0, 0.1) is 0 Å². The van der Waals surface area contributed by atoms with Crippen LogP contribution in [0.3, 0.4) is 0 Å². The van der Waals surface area contributed by atoms with Gasteiger partial charge in [-0.15, -0.1) is 0 Å². The smallest absolute Gasteiger partial charge is 0.183 e. The van der Waals surface area contributed by atoms with Crippen molar-refractivity contribution >= 4 is 17.0 Å². The number of fused-ring (bicyclic) bond motifs is 1. The quantitative estimate of drug-likeness (QED) is 0.733. The molecule has 0 unspecified atom stereocenters. The van der Waals surface area contributed by atoms with Crippen molar-refractivity contribution in [2.24, 2.45) is 0 Å². The normalized spacial score (nSPS) is 10.2. The van der Waals surface area contributed by atoms with Gasteiger partial charge in [-0.05, 0) is 6.92 Å². The Balaban J connectivity index is 2.61. The predicted octanol–water partition coefficient (Wildman–Crippen LogP) is 0.852. The molecule has 2 heterocycles. The fourth-order valence-electron chi connectivity index (χ4n) is 1.09. The van der Waals surface area contributed by atoms with Crippen molar-refractivity contribution in [2.45, 2.75) is 6.92 Å². The van der Waals surface area contributed by atoms with Gasteiger partial charge in [-0.1, -0.05) is 0 Å². The number of nitrogens with one attached hydrogen (secondary N) is 1. The van der Waals surface area contributed by atoms with Crippen LogP contribution in [0.5, 0.6) is 0 Å². The van der Waals surface area contributed by atoms with E-state index in [-0.39, 0.29) is 0 Å². The Bertz CT molecular complexity index is 409. The molecule has 0 amide bonds. The first-order chi connectivity index (χ1) is 6.42. The molecule has 0 aliphatic heterocycles. The van der Waals surface area contributed by atoms with Crippen molar-refractivity contribution in [3.05, 3.63) is 18.7 Å². The van der Waals surface area contributed by atoms with Crippen molar-refractivity contribution in [3.63, 3.8) is 0 Å². The van der Waals surface area contributed by atoms with Gasteiger partial charge in [-0.3, -0.25) is 0 Å². The molecule has 13 heavy (non-hydrogen) atoms. The van der Waals surface area contributed by atoms with Crippen LogP contribution in [-0.2, 0) is 0 Å². The topological polar surface area (TPSA) is 63.6 Å². The van der Waals surface area contributed by atoms with Crippen LogP contribution in [0.25, 0.3) is 11.2 Å². The summed E-state index contributed by atoms with van der Waals surface area (Å²) in [6, 6.07) is 0. The van der Waals surface area contributed by atoms with Crippen molar-refractivity contribution in [1.82, 2.24) is 19.9 Å². The van der Waals surface area contributed by atoms with E-state index < -0.39 is 0 Å². The molecule has 0 atom stereocenters. The first kappa shape index (κ1) is 7.85. The highest BCUT2D eigenvalue weighted by Gasteiger charge is 2.02. The van der Waals surface area contributed by atoms with Gasteiger partial charge in [0.25, 0.3) is 0 Å².